The van der Waals surface area contributed by atoms with Crippen molar-refractivity contribution in [1.29, 1.82) is 0 Å². The van der Waals surface area contributed by atoms with Crippen molar-refractivity contribution in [2.24, 2.45) is 5.73 Å². The summed E-state index contributed by atoms with van der Waals surface area (Å²) in [5, 5.41) is 0.771. The third kappa shape index (κ3) is 2.04. The topological polar surface area (TPSA) is 68.9 Å². The van der Waals surface area contributed by atoms with Crippen LogP contribution in [0, 0.1) is 0 Å². The molecule has 0 unspecified atom stereocenters. The maximum absolute atomic E-state index is 11.6. The Bertz CT molecular complexity index is 754. The third-order valence-electron chi connectivity index (χ3n) is 2.96. The van der Waals surface area contributed by atoms with E-state index in [4.69, 9.17) is 5.73 Å². The zero-order chi connectivity index (χ0) is 13.2. The lowest BCUT2D eigenvalue weighted by molar-refractivity contribution is 0.100. The number of hydrogen-bond acceptors (Lipinski definition) is 3. The van der Waals surface area contributed by atoms with Crippen LogP contribution >= 0.6 is 0 Å². The summed E-state index contributed by atoms with van der Waals surface area (Å²) in [5.41, 5.74) is 8.31. The molecular formula is C15H11N3O. The fraction of sp³-hybridized carbons (Fsp3) is 0. The number of para-hydroxylation sites is 1. The average Bonchev–Trinajstić information content (AvgIpc) is 2.47. The Morgan fingerprint density at radius 3 is 2.53 bits per heavy atom. The summed E-state index contributed by atoms with van der Waals surface area (Å²) in [7, 11) is 0. The van der Waals surface area contributed by atoms with Gasteiger partial charge in [0, 0.05) is 23.3 Å². The maximum Gasteiger partial charge on any atom is 0.249 e. The molecule has 92 valence electrons. The van der Waals surface area contributed by atoms with Gasteiger partial charge in [0.1, 0.15) is 0 Å². The number of carbonyl (C=O) groups excluding carboxylic acids is 1. The zero-order valence-corrected chi connectivity index (χ0v) is 10.1. The number of benzene rings is 1. The van der Waals surface area contributed by atoms with Crippen LogP contribution in [0.3, 0.4) is 0 Å². The standard InChI is InChI=1S/C15H11N3O/c16-15(19)12-9-14(10-5-7-17-8-6-10)18-13-4-2-1-3-11(12)13/h1-9H,(H2,16,19). The molecule has 0 saturated carbocycles. The minimum atomic E-state index is -0.450. The van der Waals surface area contributed by atoms with Gasteiger partial charge in [-0.3, -0.25) is 9.78 Å². The Morgan fingerprint density at radius 1 is 1.05 bits per heavy atom. The Kier molecular flexibility index (Phi) is 2.68. The molecular weight excluding hydrogens is 238 g/mol. The van der Waals surface area contributed by atoms with Crippen molar-refractivity contribution in [2.45, 2.75) is 0 Å². The number of nitrogens with two attached hydrogens (primary N) is 1. The van der Waals surface area contributed by atoms with Gasteiger partial charge in [-0.15, -0.1) is 0 Å². The summed E-state index contributed by atoms with van der Waals surface area (Å²) in [6, 6.07) is 12.9. The molecule has 4 nitrogen and oxygen atoms in total. The van der Waals surface area contributed by atoms with Gasteiger partial charge in [-0.25, -0.2) is 4.98 Å². The maximum atomic E-state index is 11.6. The molecule has 0 aliphatic carbocycles. The molecule has 0 aliphatic heterocycles. The molecule has 19 heavy (non-hydrogen) atoms. The molecule has 0 spiro atoms. The summed E-state index contributed by atoms with van der Waals surface area (Å²) in [6.07, 6.45) is 3.38. The second-order valence-electron chi connectivity index (χ2n) is 4.17. The van der Waals surface area contributed by atoms with E-state index in [0.717, 1.165) is 22.2 Å². The van der Waals surface area contributed by atoms with Gasteiger partial charge in [0.15, 0.2) is 0 Å². The molecule has 0 fully saturated rings. The van der Waals surface area contributed by atoms with Crippen molar-refractivity contribution in [1.82, 2.24) is 9.97 Å². The summed E-state index contributed by atoms with van der Waals surface area (Å²) < 4.78 is 0. The predicted molar refractivity (Wildman–Crippen MR) is 73.5 cm³/mol. The largest absolute Gasteiger partial charge is 0.366 e. The van der Waals surface area contributed by atoms with E-state index in [0.29, 0.717) is 5.56 Å². The van der Waals surface area contributed by atoms with Crippen molar-refractivity contribution in [3.8, 4) is 11.3 Å². The molecule has 3 aromatic rings. The zero-order valence-electron chi connectivity index (χ0n) is 10.1. The number of aromatic nitrogens is 2. The van der Waals surface area contributed by atoms with E-state index >= 15 is 0 Å². The number of rotatable bonds is 2. The van der Waals surface area contributed by atoms with Gasteiger partial charge >= 0.3 is 0 Å². The Morgan fingerprint density at radius 2 is 1.79 bits per heavy atom. The highest BCUT2D eigenvalue weighted by Gasteiger charge is 2.10. The van der Waals surface area contributed by atoms with Crippen LogP contribution in [-0.2, 0) is 0 Å². The highest BCUT2D eigenvalue weighted by Crippen LogP contribution is 2.24. The first kappa shape index (κ1) is 11.3. The molecule has 0 atom stereocenters. The highest BCUT2D eigenvalue weighted by molar-refractivity contribution is 6.06. The second-order valence-corrected chi connectivity index (χ2v) is 4.17. The monoisotopic (exact) mass is 249 g/mol. The third-order valence-corrected chi connectivity index (χ3v) is 2.96. The summed E-state index contributed by atoms with van der Waals surface area (Å²) in [4.78, 5) is 20.1. The van der Waals surface area contributed by atoms with Gasteiger partial charge in [-0.1, -0.05) is 18.2 Å². The minimum absolute atomic E-state index is 0.450. The van der Waals surface area contributed by atoms with Crippen molar-refractivity contribution >= 4 is 16.8 Å². The molecule has 0 bridgehead atoms. The lowest BCUT2D eigenvalue weighted by atomic mass is 10.0. The van der Waals surface area contributed by atoms with Crippen LogP contribution in [0.4, 0.5) is 0 Å². The fourth-order valence-electron chi connectivity index (χ4n) is 2.05. The van der Waals surface area contributed by atoms with Crippen LogP contribution in [-0.4, -0.2) is 15.9 Å². The van der Waals surface area contributed by atoms with Crippen molar-refractivity contribution in [3.63, 3.8) is 0 Å². The van der Waals surface area contributed by atoms with E-state index in [-0.39, 0.29) is 0 Å². The molecule has 3 rings (SSSR count). The molecule has 1 aromatic carbocycles. The number of hydrogen-bond donors (Lipinski definition) is 1. The molecule has 4 heteroatoms. The van der Waals surface area contributed by atoms with Gasteiger partial charge < -0.3 is 5.73 Å². The molecule has 0 aliphatic rings. The predicted octanol–water partition coefficient (Wildman–Crippen LogP) is 2.40. The van der Waals surface area contributed by atoms with Crippen LogP contribution in [0.1, 0.15) is 10.4 Å². The first-order valence-corrected chi connectivity index (χ1v) is 5.86. The normalized spacial score (nSPS) is 10.5. The summed E-state index contributed by atoms with van der Waals surface area (Å²) in [5.74, 6) is -0.450. The number of amides is 1. The van der Waals surface area contributed by atoms with Crippen LogP contribution in [0.25, 0.3) is 22.2 Å². The van der Waals surface area contributed by atoms with Crippen molar-refractivity contribution < 1.29 is 4.79 Å². The second kappa shape index (κ2) is 4.49. The van der Waals surface area contributed by atoms with Gasteiger partial charge in [0.05, 0.1) is 16.8 Å². The van der Waals surface area contributed by atoms with Gasteiger partial charge in [0.2, 0.25) is 5.91 Å². The van der Waals surface area contributed by atoms with E-state index in [1.54, 1.807) is 18.5 Å². The summed E-state index contributed by atoms with van der Waals surface area (Å²) in [6.45, 7) is 0. The summed E-state index contributed by atoms with van der Waals surface area (Å²) >= 11 is 0. The molecule has 1 amide bonds. The lowest BCUT2D eigenvalue weighted by Crippen LogP contribution is -2.12. The molecule has 2 N–H and O–H groups in total. The van der Waals surface area contributed by atoms with Crippen LogP contribution in [0.5, 0.6) is 0 Å². The lowest BCUT2D eigenvalue weighted by Gasteiger charge is -2.07. The Balaban J connectivity index is 2.31. The van der Waals surface area contributed by atoms with E-state index in [1.807, 2.05) is 36.4 Å². The first-order valence-electron chi connectivity index (χ1n) is 5.86. The minimum Gasteiger partial charge on any atom is -0.366 e. The first-order chi connectivity index (χ1) is 9.25. The molecule has 2 heterocycles. The van der Waals surface area contributed by atoms with Gasteiger partial charge in [0.25, 0.3) is 0 Å². The number of fused-ring (bicyclic) bond motifs is 1. The molecule has 0 saturated heterocycles. The number of primary amides is 1. The average molecular weight is 249 g/mol. The van der Waals surface area contributed by atoms with Crippen LogP contribution in [0.15, 0.2) is 54.9 Å². The molecule has 2 aromatic heterocycles. The number of nitrogens with zero attached hydrogens (tertiary/aromatic N) is 2. The Hall–Kier alpha value is -2.75. The van der Waals surface area contributed by atoms with E-state index < -0.39 is 5.91 Å². The van der Waals surface area contributed by atoms with Crippen LogP contribution < -0.4 is 5.73 Å². The van der Waals surface area contributed by atoms with E-state index in [9.17, 15) is 4.79 Å². The fourth-order valence-corrected chi connectivity index (χ4v) is 2.05. The number of carbonyl (C=O) groups is 1. The van der Waals surface area contributed by atoms with Gasteiger partial charge in [-0.05, 0) is 24.3 Å². The molecule has 0 radical (unpaired) electrons. The van der Waals surface area contributed by atoms with E-state index in [1.165, 1.54) is 0 Å². The Labute approximate surface area is 109 Å². The SMILES string of the molecule is NC(=O)c1cc(-c2ccncc2)nc2ccccc12. The quantitative estimate of drug-likeness (QED) is 0.758. The number of pyridine rings is 2. The van der Waals surface area contributed by atoms with E-state index in [2.05, 4.69) is 9.97 Å². The van der Waals surface area contributed by atoms with Crippen LogP contribution in [0.2, 0.25) is 0 Å². The van der Waals surface area contributed by atoms with Crippen molar-refractivity contribution in [3.05, 3.63) is 60.4 Å². The van der Waals surface area contributed by atoms with Crippen molar-refractivity contribution in [2.75, 3.05) is 0 Å². The van der Waals surface area contributed by atoms with Gasteiger partial charge in [-0.2, -0.15) is 0 Å². The smallest absolute Gasteiger partial charge is 0.249 e. The highest BCUT2D eigenvalue weighted by atomic mass is 16.1.